The highest BCUT2D eigenvalue weighted by atomic mass is 16.3. The molecule has 98 valence electrons. The quantitative estimate of drug-likeness (QED) is 0.821. The SMILES string of the molecule is CCC1CCN(C(=O)CC2(O)CCCCC2)C1. The fraction of sp³-hybridized carbons (Fsp3) is 0.929. The van der Waals surface area contributed by atoms with E-state index in [1.807, 2.05) is 4.90 Å². The van der Waals surface area contributed by atoms with E-state index in [4.69, 9.17) is 0 Å². The molecule has 1 saturated carbocycles. The van der Waals surface area contributed by atoms with E-state index >= 15 is 0 Å². The van der Waals surface area contributed by atoms with Gasteiger partial charge in [-0.15, -0.1) is 0 Å². The molecule has 1 atom stereocenters. The van der Waals surface area contributed by atoms with Crippen LogP contribution in [0.3, 0.4) is 0 Å². The number of amides is 1. The minimum Gasteiger partial charge on any atom is -0.389 e. The molecule has 2 rings (SSSR count). The summed E-state index contributed by atoms with van der Waals surface area (Å²) in [6.07, 6.45) is 7.62. The summed E-state index contributed by atoms with van der Waals surface area (Å²) in [5, 5.41) is 10.4. The van der Waals surface area contributed by atoms with Crippen LogP contribution in [0.15, 0.2) is 0 Å². The topological polar surface area (TPSA) is 40.5 Å². The molecular weight excluding hydrogens is 214 g/mol. The Morgan fingerprint density at radius 3 is 2.65 bits per heavy atom. The van der Waals surface area contributed by atoms with E-state index in [2.05, 4.69) is 6.92 Å². The van der Waals surface area contributed by atoms with Gasteiger partial charge < -0.3 is 10.0 Å². The van der Waals surface area contributed by atoms with Crippen molar-refractivity contribution in [3.63, 3.8) is 0 Å². The molecule has 1 heterocycles. The van der Waals surface area contributed by atoms with Crippen molar-refractivity contribution in [3.8, 4) is 0 Å². The maximum Gasteiger partial charge on any atom is 0.225 e. The smallest absolute Gasteiger partial charge is 0.225 e. The average Bonchev–Trinajstić information content (AvgIpc) is 2.78. The van der Waals surface area contributed by atoms with Crippen LogP contribution in [0, 0.1) is 5.92 Å². The minimum atomic E-state index is -0.695. The van der Waals surface area contributed by atoms with Crippen LogP contribution in [0.2, 0.25) is 0 Å². The summed E-state index contributed by atoms with van der Waals surface area (Å²) in [4.78, 5) is 14.1. The van der Waals surface area contributed by atoms with Gasteiger partial charge in [0.05, 0.1) is 12.0 Å². The molecule has 1 saturated heterocycles. The third-order valence-corrected chi connectivity index (χ3v) is 4.48. The van der Waals surface area contributed by atoms with E-state index in [1.54, 1.807) is 0 Å². The standard InChI is InChI=1S/C14H25NO2/c1-2-12-6-9-15(11-12)13(16)10-14(17)7-4-3-5-8-14/h12,17H,2-11H2,1H3. The molecule has 1 aliphatic heterocycles. The van der Waals surface area contributed by atoms with Gasteiger partial charge in [-0.05, 0) is 25.2 Å². The Balaban J connectivity index is 1.84. The maximum absolute atomic E-state index is 12.1. The summed E-state index contributed by atoms with van der Waals surface area (Å²) in [7, 11) is 0. The van der Waals surface area contributed by atoms with Crippen molar-refractivity contribution >= 4 is 5.91 Å². The van der Waals surface area contributed by atoms with Gasteiger partial charge in [-0.25, -0.2) is 0 Å². The number of hydrogen-bond acceptors (Lipinski definition) is 2. The molecule has 0 aromatic heterocycles. The van der Waals surface area contributed by atoms with Gasteiger partial charge in [-0.1, -0.05) is 32.6 Å². The zero-order valence-corrected chi connectivity index (χ0v) is 11.0. The molecule has 0 aromatic rings. The van der Waals surface area contributed by atoms with Crippen LogP contribution in [0.5, 0.6) is 0 Å². The van der Waals surface area contributed by atoms with Gasteiger partial charge in [0.2, 0.25) is 5.91 Å². The van der Waals surface area contributed by atoms with Crippen molar-refractivity contribution in [2.24, 2.45) is 5.92 Å². The first kappa shape index (κ1) is 12.9. The molecule has 17 heavy (non-hydrogen) atoms. The molecule has 1 unspecified atom stereocenters. The van der Waals surface area contributed by atoms with E-state index in [0.717, 1.165) is 51.6 Å². The second-order valence-corrected chi connectivity index (χ2v) is 5.86. The zero-order valence-electron chi connectivity index (χ0n) is 11.0. The van der Waals surface area contributed by atoms with Crippen LogP contribution >= 0.6 is 0 Å². The fourth-order valence-electron chi connectivity index (χ4n) is 3.17. The number of carbonyl (C=O) groups is 1. The monoisotopic (exact) mass is 239 g/mol. The van der Waals surface area contributed by atoms with Crippen molar-refractivity contribution in [1.29, 1.82) is 0 Å². The van der Waals surface area contributed by atoms with Crippen LogP contribution in [-0.4, -0.2) is 34.6 Å². The Labute approximate surface area is 104 Å². The first-order chi connectivity index (χ1) is 8.13. The second-order valence-electron chi connectivity index (χ2n) is 5.86. The van der Waals surface area contributed by atoms with Crippen molar-refractivity contribution in [3.05, 3.63) is 0 Å². The lowest BCUT2D eigenvalue weighted by atomic mass is 9.82. The highest BCUT2D eigenvalue weighted by Gasteiger charge is 2.34. The Morgan fingerprint density at radius 2 is 2.06 bits per heavy atom. The van der Waals surface area contributed by atoms with Gasteiger partial charge in [0.1, 0.15) is 0 Å². The maximum atomic E-state index is 12.1. The first-order valence-corrected chi connectivity index (χ1v) is 7.13. The fourth-order valence-corrected chi connectivity index (χ4v) is 3.17. The lowest BCUT2D eigenvalue weighted by Gasteiger charge is -2.32. The molecule has 3 heteroatoms. The van der Waals surface area contributed by atoms with E-state index < -0.39 is 5.60 Å². The van der Waals surface area contributed by atoms with E-state index in [0.29, 0.717) is 12.3 Å². The second kappa shape index (κ2) is 5.38. The highest BCUT2D eigenvalue weighted by Crippen LogP contribution is 2.32. The molecular formula is C14H25NO2. The molecule has 2 fully saturated rings. The summed E-state index contributed by atoms with van der Waals surface area (Å²) in [5.74, 6) is 0.852. The van der Waals surface area contributed by atoms with Gasteiger partial charge in [0.15, 0.2) is 0 Å². The molecule has 0 spiro atoms. The largest absolute Gasteiger partial charge is 0.389 e. The van der Waals surface area contributed by atoms with Crippen LogP contribution in [0.25, 0.3) is 0 Å². The lowest BCUT2D eigenvalue weighted by Crippen LogP contribution is -2.39. The van der Waals surface area contributed by atoms with Crippen molar-refractivity contribution < 1.29 is 9.90 Å². The Hall–Kier alpha value is -0.570. The summed E-state index contributed by atoms with van der Waals surface area (Å²) in [6.45, 7) is 3.99. The Morgan fingerprint density at radius 1 is 1.35 bits per heavy atom. The van der Waals surface area contributed by atoms with Crippen molar-refractivity contribution in [1.82, 2.24) is 4.90 Å². The van der Waals surface area contributed by atoms with Crippen LogP contribution in [-0.2, 0) is 4.79 Å². The van der Waals surface area contributed by atoms with Crippen LogP contribution in [0.4, 0.5) is 0 Å². The number of carbonyl (C=O) groups excluding carboxylic acids is 1. The molecule has 1 aliphatic carbocycles. The van der Waals surface area contributed by atoms with E-state index in [1.165, 1.54) is 6.42 Å². The molecule has 1 amide bonds. The molecule has 0 bridgehead atoms. The highest BCUT2D eigenvalue weighted by molar-refractivity contribution is 5.77. The number of likely N-dealkylation sites (tertiary alicyclic amines) is 1. The summed E-state index contributed by atoms with van der Waals surface area (Å²) in [5.41, 5.74) is -0.695. The summed E-state index contributed by atoms with van der Waals surface area (Å²) in [6, 6.07) is 0. The third-order valence-electron chi connectivity index (χ3n) is 4.48. The lowest BCUT2D eigenvalue weighted by molar-refractivity contribution is -0.136. The molecule has 2 aliphatic rings. The number of rotatable bonds is 3. The summed E-state index contributed by atoms with van der Waals surface area (Å²) < 4.78 is 0. The molecule has 0 aromatic carbocycles. The van der Waals surface area contributed by atoms with Gasteiger partial charge in [-0.2, -0.15) is 0 Å². The Kier molecular flexibility index (Phi) is 4.08. The first-order valence-electron chi connectivity index (χ1n) is 7.13. The minimum absolute atomic E-state index is 0.172. The predicted octanol–water partition coefficient (Wildman–Crippen LogP) is 2.33. The molecule has 0 radical (unpaired) electrons. The van der Waals surface area contributed by atoms with Gasteiger partial charge in [-0.3, -0.25) is 4.79 Å². The zero-order chi connectivity index (χ0) is 12.3. The number of nitrogens with zero attached hydrogens (tertiary/aromatic N) is 1. The summed E-state index contributed by atoms with van der Waals surface area (Å²) >= 11 is 0. The van der Waals surface area contributed by atoms with Crippen molar-refractivity contribution in [2.45, 2.75) is 63.9 Å². The van der Waals surface area contributed by atoms with Gasteiger partial charge in [0.25, 0.3) is 0 Å². The van der Waals surface area contributed by atoms with Gasteiger partial charge >= 0.3 is 0 Å². The average molecular weight is 239 g/mol. The molecule has 3 nitrogen and oxygen atoms in total. The van der Waals surface area contributed by atoms with Crippen LogP contribution in [0.1, 0.15) is 58.3 Å². The number of hydrogen-bond donors (Lipinski definition) is 1. The van der Waals surface area contributed by atoms with Crippen molar-refractivity contribution in [2.75, 3.05) is 13.1 Å². The Bertz CT molecular complexity index is 271. The third kappa shape index (κ3) is 3.21. The van der Waals surface area contributed by atoms with Gasteiger partial charge in [0, 0.05) is 13.1 Å². The molecule has 1 N–H and O–H groups in total. The predicted molar refractivity (Wildman–Crippen MR) is 67.6 cm³/mol. The normalized spacial score (nSPS) is 28.4. The van der Waals surface area contributed by atoms with Crippen LogP contribution < -0.4 is 0 Å². The van der Waals surface area contributed by atoms with E-state index in [-0.39, 0.29) is 5.91 Å². The number of aliphatic hydroxyl groups is 1. The van der Waals surface area contributed by atoms with E-state index in [9.17, 15) is 9.90 Å².